The van der Waals surface area contributed by atoms with Gasteiger partial charge in [0.15, 0.2) is 16.3 Å². The smallest absolute Gasteiger partial charge is 0.338 e. The highest BCUT2D eigenvalue weighted by atomic mass is 79.9. The standard InChI is InChI=1S/C30H28BrN3O8S/c1-6-41-22(35)14-33-19-11-9-8-10-16(19)24(27(33)36)26-28(37)34-25(17-12-20(39-4)21(40-5)13-18(17)31)23(29(38)42-7-2)15(3)32-30(34)43-26/h8-13,25H,6-7,14H2,1-5H3/b26-24+/t25-/m0/s1. The van der Waals surface area contributed by atoms with Crippen LogP contribution in [0.15, 0.2) is 61.9 Å². The largest absolute Gasteiger partial charge is 0.493 e. The van der Waals surface area contributed by atoms with Crippen LogP contribution in [0.2, 0.25) is 0 Å². The van der Waals surface area contributed by atoms with Crippen LogP contribution >= 0.6 is 27.3 Å². The highest BCUT2D eigenvalue weighted by Crippen LogP contribution is 2.41. The van der Waals surface area contributed by atoms with E-state index in [2.05, 4.69) is 20.9 Å². The van der Waals surface area contributed by atoms with Gasteiger partial charge in [0, 0.05) is 10.0 Å². The van der Waals surface area contributed by atoms with Gasteiger partial charge in [-0.15, -0.1) is 0 Å². The number of carbonyl (C=O) groups excluding carboxylic acids is 3. The zero-order valence-corrected chi connectivity index (χ0v) is 26.5. The first-order valence-corrected chi connectivity index (χ1v) is 15.0. The number of aromatic nitrogens is 1. The number of hydrogen-bond donors (Lipinski definition) is 0. The fraction of sp³-hybridized carbons (Fsp3) is 0.300. The summed E-state index contributed by atoms with van der Waals surface area (Å²) in [5.41, 5.74) is 1.67. The minimum atomic E-state index is -0.971. The van der Waals surface area contributed by atoms with Gasteiger partial charge in [0.2, 0.25) is 0 Å². The van der Waals surface area contributed by atoms with Crippen molar-refractivity contribution in [3.8, 4) is 11.5 Å². The normalized spacial score (nSPS) is 16.8. The van der Waals surface area contributed by atoms with Gasteiger partial charge in [0.25, 0.3) is 11.5 Å². The summed E-state index contributed by atoms with van der Waals surface area (Å²) in [6.07, 6.45) is 0. The van der Waals surface area contributed by atoms with Crippen molar-refractivity contribution < 1.29 is 33.3 Å². The molecule has 2 aliphatic rings. The third-order valence-corrected chi connectivity index (χ3v) is 8.77. The number of thiazole rings is 1. The molecule has 0 fully saturated rings. The predicted molar refractivity (Wildman–Crippen MR) is 162 cm³/mol. The first-order valence-electron chi connectivity index (χ1n) is 13.4. The van der Waals surface area contributed by atoms with Gasteiger partial charge in [0.1, 0.15) is 11.1 Å². The van der Waals surface area contributed by atoms with Crippen LogP contribution in [0.25, 0.3) is 5.57 Å². The highest BCUT2D eigenvalue weighted by molar-refractivity contribution is 9.10. The molecule has 5 rings (SSSR count). The van der Waals surface area contributed by atoms with Gasteiger partial charge in [-0.05, 0) is 44.5 Å². The second-order valence-electron chi connectivity index (χ2n) is 9.44. The van der Waals surface area contributed by atoms with Crippen LogP contribution in [0, 0.1) is 0 Å². The number of carbonyl (C=O) groups is 3. The van der Waals surface area contributed by atoms with E-state index >= 15 is 0 Å². The number of rotatable bonds is 8. The number of benzene rings is 2. The Balaban J connectivity index is 1.80. The molecule has 1 aromatic heterocycles. The van der Waals surface area contributed by atoms with Crippen molar-refractivity contribution in [1.82, 2.24) is 4.57 Å². The highest BCUT2D eigenvalue weighted by Gasteiger charge is 2.39. The predicted octanol–water partition coefficient (Wildman–Crippen LogP) is 2.86. The average molecular weight is 671 g/mol. The van der Waals surface area contributed by atoms with E-state index in [1.54, 1.807) is 57.2 Å². The molecule has 1 amide bonds. The molecule has 0 radical (unpaired) electrons. The molecule has 0 spiro atoms. The van der Waals surface area contributed by atoms with Gasteiger partial charge < -0.3 is 18.9 Å². The maximum absolute atomic E-state index is 14.4. The lowest BCUT2D eigenvalue weighted by atomic mass is 9.95. The number of nitrogens with zero attached hydrogens (tertiary/aromatic N) is 3. The zero-order valence-electron chi connectivity index (χ0n) is 24.1. The molecule has 0 bridgehead atoms. The summed E-state index contributed by atoms with van der Waals surface area (Å²) in [6.45, 7) is 5.03. The molecule has 2 aliphatic heterocycles. The third kappa shape index (κ3) is 5.16. The van der Waals surface area contributed by atoms with E-state index < -0.39 is 29.4 Å². The molecule has 3 aromatic rings. The average Bonchev–Trinajstić information content (AvgIpc) is 3.44. The molecule has 0 N–H and O–H groups in total. The maximum Gasteiger partial charge on any atom is 0.338 e. The fourth-order valence-electron chi connectivity index (χ4n) is 5.21. The molecular weight excluding hydrogens is 642 g/mol. The molecule has 43 heavy (non-hydrogen) atoms. The molecule has 1 atom stereocenters. The quantitative estimate of drug-likeness (QED) is 0.335. The van der Waals surface area contributed by atoms with E-state index in [9.17, 15) is 19.2 Å². The molecule has 0 saturated carbocycles. The Bertz CT molecular complexity index is 1880. The van der Waals surface area contributed by atoms with Crippen LogP contribution in [0.1, 0.15) is 37.9 Å². The summed E-state index contributed by atoms with van der Waals surface area (Å²) < 4.78 is 23.5. The molecule has 0 saturated heterocycles. The Morgan fingerprint density at radius 3 is 2.37 bits per heavy atom. The Morgan fingerprint density at radius 1 is 1.02 bits per heavy atom. The number of allylic oxidation sites excluding steroid dienone is 1. The van der Waals surface area contributed by atoms with Crippen molar-refractivity contribution in [2.75, 3.05) is 38.9 Å². The monoisotopic (exact) mass is 669 g/mol. The van der Waals surface area contributed by atoms with Crippen LogP contribution in [0.3, 0.4) is 0 Å². The summed E-state index contributed by atoms with van der Waals surface area (Å²) in [7, 11) is 2.99. The van der Waals surface area contributed by atoms with Gasteiger partial charge >= 0.3 is 11.9 Å². The number of ether oxygens (including phenoxy) is 4. The SMILES string of the molecule is CCOC(=O)CN1C(=O)/C(=c2/sc3n(c2=O)[C@@H](c2cc(OC)c(OC)cc2Br)C(C(=O)OCC)=C(C)N=3)c2ccccc21. The number of esters is 2. The van der Waals surface area contributed by atoms with Crippen molar-refractivity contribution in [1.29, 1.82) is 0 Å². The van der Waals surface area contributed by atoms with E-state index in [1.165, 1.54) is 23.7 Å². The van der Waals surface area contributed by atoms with E-state index in [-0.39, 0.29) is 35.4 Å². The van der Waals surface area contributed by atoms with Crippen molar-refractivity contribution in [2.45, 2.75) is 26.8 Å². The van der Waals surface area contributed by atoms with Gasteiger partial charge in [-0.2, -0.15) is 0 Å². The molecule has 3 heterocycles. The van der Waals surface area contributed by atoms with E-state index in [4.69, 9.17) is 18.9 Å². The summed E-state index contributed by atoms with van der Waals surface area (Å²) in [4.78, 5) is 60.1. The Labute approximate surface area is 258 Å². The van der Waals surface area contributed by atoms with Gasteiger partial charge in [-0.1, -0.05) is 45.5 Å². The molecule has 0 unspecified atom stereocenters. The van der Waals surface area contributed by atoms with E-state index in [1.807, 2.05) is 0 Å². The van der Waals surface area contributed by atoms with E-state index in [0.29, 0.717) is 43.3 Å². The third-order valence-electron chi connectivity index (χ3n) is 7.03. The Hall–Kier alpha value is -4.23. The lowest BCUT2D eigenvalue weighted by Gasteiger charge is -2.26. The van der Waals surface area contributed by atoms with Crippen LogP contribution in [0.4, 0.5) is 5.69 Å². The number of fused-ring (bicyclic) bond motifs is 2. The van der Waals surface area contributed by atoms with Crippen LogP contribution < -0.4 is 29.3 Å². The van der Waals surface area contributed by atoms with E-state index in [0.717, 1.165) is 11.3 Å². The molecule has 224 valence electrons. The first-order chi connectivity index (χ1) is 20.7. The van der Waals surface area contributed by atoms with Crippen molar-refractivity contribution in [2.24, 2.45) is 4.99 Å². The van der Waals surface area contributed by atoms with Gasteiger partial charge in [0.05, 0.1) is 56.0 Å². The lowest BCUT2D eigenvalue weighted by Crippen LogP contribution is -2.41. The number of halogens is 1. The number of amides is 1. The van der Waals surface area contributed by atoms with Crippen molar-refractivity contribution >= 4 is 56.4 Å². The number of anilines is 1. The minimum absolute atomic E-state index is 0.117. The second-order valence-corrected chi connectivity index (χ2v) is 11.3. The Morgan fingerprint density at radius 2 is 1.70 bits per heavy atom. The van der Waals surface area contributed by atoms with Gasteiger partial charge in [-0.25, -0.2) is 9.79 Å². The number of methoxy groups -OCH3 is 2. The topological polar surface area (TPSA) is 126 Å². The molecule has 2 aromatic carbocycles. The van der Waals surface area contributed by atoms with Crippen LogP contribution in [0.5, 0.6) is 11.5 Å². The van der Waals surface area contributed by atoms with Crippen LogP contribution in [-0.4, -0.2) is 56.4 Å². The fourth-order valence-corrected chi connectivity index (χ4v) is 6.88. The second kappa shape index (κ2) is 12.2. The summed E-state index contributed by atoms with van der Waals surface area (Å²) in [5.74, 6) is -0.874. The molecule has 13 heteroatoms. The zero-order chi connectivity index (χ0) is 31.0. The summed E-state index contributed by atoms with van der Waals surface area (Å²) in [5, 5.41) is 0. The maximum atomic E-state index is 14.4. The lowest BCUT2D eigenvalue weighted by molar-refractivity contribution is -0.142. The van der Waals surface area contributed by atoms with Crippen LogP contribution in [-0.2, 0) is 23.9 Å². The summed E-state index contributed by atoms with van der Waals surface area (Å²) in [6, 6.07) is 9.34. The number of para-hydroxylation sites is 1. The van der Waals surface area contributed by atoms with Gasteiger partial charge in [-0.3, -0.25) is 23.9 Å². The Kier molecular flexibility index (Phi) is 8.56. The molecule has 0 aliphatic carbocycles. The van der Waals surface area contributed by atoms with Crippen molar-refractivity contribution in [3.63, 3.8) is 0 Å². The molecular formula is C30H28BrN3O8S. The number of hydrogen-bond acceptors (Lipinski definition) is 10. The molecule has 11 nitrogen and oxygen atoms in total. The summed E-state index contributed by atoms with van der Waals surface area (Å²) >= 11 is 4.62. The van der Waals surface area contributed by atoms with Crippen molar-refractivity contribution in [3.05, 3.63) is 83.0 Å². The first kappa shape index (κ1) is 30.2. The minimum Gasteiger partial charge on any atom is -0.493 e.